The predicted molar refractivity (Wildman–Crippen MR) is 52.3 cm³/mol. The monoisotopic (exact) mass is 174 g/mol. The van der Waals surface area contributed by atoms with E-state index >= 15 is 0 Å². The lowest BCUT2D eigenvalue weighted by Gasteiger charge is -2.27. The summed E-state index contributed by atoms with van der Waals surface area (Å²) in [6, 6.07) is 1.44. The molecule has 11 heavy (non-hydrogen) atoms. The van der Waals surface area contributed by atoms with Gasteiger partial charge >= 0.3 is 0 Å². The first-order valence-corrected chi connectivity index (χ1v) is 5.40. The largest absolute Gasteiger partial charge is 0.315 e. The summed E-state index contributed by atoms with van der Waals surface area (Å²) in [7, 11) is 4.27. The topological polar surface area (TPSA) is 15.3 Å². The molecule has 0 amide bonds. The number of thioether (sulfide) groups is 1. The second-order valence-electron chi connectivity index (χ2n) is 3.07. The maximum Gasteiger partial charge on any atom is 0.0344 e. The Kier molecular flexibility index (Phi) is 3.69. The molecule has 0 aromatic rings. The molecule has 0 aromatic heterocycles. The second kappa shape index (κ2) is 4.33. The Labute approximate surface area is 73.7 Å². The summed E-state index contributed by atoms with van der Waals surface area (Å²) in [6.45, 7) is 3.37. The molecular weight excluding hydrogens is 156 g/mol. The Morgan fingerprint density at radius 1 is 1.55 bits per heavy atom. The van der Waals surface area contributed by atoms with E-state index in [1.807, 2.05) is 0 Å². The highest BCUT2D eigenvalue weighted by Gasteiger charge is 2.28. The maximum absolute atomic E-state index is 3.37. The van der Waals surface area contributed by atoms with Crippen molar-refractivity contribution in [1.82, 2.24) is 10.2 Å². The summed E-state index contributed by atoms with van der Waals surface area (Å²) < 4.78 is 0. The summed E-state index contributed by atoms with van der Waals surface area (Å²) in [5, 5.41) is 3.37. The molecule has 0 spiro atoms. The summed E-state index contributed by atoms with van der Waals surface area (Å²) in [5.41, 5.74) is 0. The van der Waals surface area contributed by atoms with Crippen LogP contribution >= 0.6 is 11.8 Å². The van der Waals surface area contributed by atoms with Gasteiger partial charge in [0.2, 0.25) is 0 Å². The van der Waals surface area contributed by atoms with Gasteiger partial charge in [-0.3, -0.25) is 0 Å². The third kappa shape index (κ3) is 2.10. The Hall–Kier alpha value is 0.270. The van der Waals surface area contributed by atoms with Crippen LogP contribution in [0.5, 0.6) is 0 Å². The molecule has 0 bridgehead atoms. The lowest BCUT2D eigenvalue weighted by Crippen LogP contribution is -2.46. The highest BCUT2D eigenvalue weighted by Crippen LogP contribution is 2.21. The van der Waals surface area contributed by atoms with Gasteiger partial charge in [-0.05, 0) is 20.6 Å². The molecule has 2 unspecified atom stereocenters. The van der Waals surface area contributed by atoms with Gasteiger partial charge in [0.25, 0.3) is 0 Å². The number of hydrogen-bond acceptors (Lipinski definition) is 3. The molecule has 1 N–H and O–H groups in total. The van der Waals surface area contributed by atoms with E-state index in [1.54, 1.807) is 0 Å². The number of rotatable bonds is 3. The van der Waals surface area contributed by atoms with Crippen LogP contribution in [-0.2, 0) is 0 Å². The molecular formula is C8H18N2S. The van der Waals surface area contributed by atoms with Gasteiger partial charge in [0, 0.05) is 23.6 Å². The number of nitrogens with one attached hydrogen (secondary N) is 1. The van der Waals surface area contributed by atoms with E-state index in [0.717, 1.165) is 12.6 Å². The SMILES string of the molecule is CCN(C)C1CSCC1NC. The molecule has 1 rings (SSSR count). The molecule has 1 saturated heterocycles. The van der Waals surface area contributed by atoms with Crippen molar-refractivity contribution < 1.29 is 0 Å². The summed E-state index contributed by atoms with van der Waals surface area (Å²) in [5.74, 6) is 2.56. The molecule has 2 nitrogen and oxygen atoms in total. The van der Waals surface area contributed by atoms with Crippen LogP contribution in [-0.4, -0.2) is 49.1 Å². The Morgan fingerprint density at radius 3 is 2.82 bits per heavy atom. The minimum absolute atomic E-state index is 0.699. The van der Waals surface area contributed by atoms with E-state index in [4.69, 9.17) is 0 Å². The normalized spacial score (nSPS) is 31.6. The highest BCUT2D eigenvalue weighted by atomic mass is 32.2. The van der Waals surface area contributed by atoms with Crippen LogP contribution in [0, 0.1) is 0 Å². The van der Waals surface area contributed by atoms with E-state index in [0.29, 0.717) is 6.04 Å². The molecule has 66 valence electrons. The second-order valence-corrected chi connectivity index (χ2v) is 4.15. The lowest BCUT2D eigenvalue weighted by atomic mass is 10.1. The van der Waals surface area contributed by atoms with Crippen molar-refractivity contribution in [2.45, 2.75) is 19.0 Å². The molecule has 1 fully saturated rings. The van der Waals surface area contributed by atoms with Crippen LogP contribution in [0.3, 0.4) is 0 Å². The zero-order valence-electron chi connectivity index (χ0n) is 7.63. The van der Waals surface area contributed by atoms with Gasteiger partial charge in [-0.2, -0.15) is 11.8 Å². The van der Waals surface area contributed by atoms with E-state index in [1.165, 1.54) is 11.5 Å². The molecule has 1 heterocycles. The Balaban J connectivity index is 2.42. The van der Waals surface area contributed by atoms with Crippen LogP contribution in [0.25, 0.3) is 0 Å². The van der Waals surface area contributed by atoms with Crippen LogP contribution in [0.15, 0.2) is 0 Å². The Bertz CT molecular complexity index is 119. The van der Waals surface area contributed by atoms with Crippen LogP contribution < -0.4 is 5.32 Å². The number of hydrogen-bond donors (Lipinski definition) is 1. The van der Waals surface area contributed by atoms with Gasteiger partial charge in [-0.15, -0.1) is 0 Å². The summed E-state index contributed by atoms with van der Waals surface area (Å²) >= 11 is 2.05. The Morgan fingerprint density at radius 2 is 2.27 bits per heavy atom. The molecule has 1 aliphatic rings. The number of likely N-dealkylation sites (N-methyl/N-ethyl adjacent to an activating group) is 2. The molecule has 2 atom stereocenters. The van der Waals surface area contributed by atoms with Crippen molar-refractivity contribution in [2.24, 2.45) is 0 Å². The molecule has 0 radical (unpaired) electrons. The van der Waals surface area contributed by atoms with Crippen LogP contribution in [0.4, 0.5) is 0 Å². The van der Waals surface area contributed by atoms with Gasteiger partial charge in [0.1, 0.15) is 0 Å². The quantitative estimate of drug-likeness (QED) is 0.676. The van der Waals surface area contributed by atoms with Gasteiger partial charge in [-0.1, -0.05) is 6.92 Å². The third-order valence-corrected chi connectivity index (χ3v) is 3.66. The van der Waals surface area contributed by atoms with Gasteiger partial charge in [0.15, 0.2) is 0 Å². The number of nitrogens with zero attached hydrogens (tertiary/aromatic N) is 1. The molecule has 0 aromatic carbocycles. The van der Waals surface area contributed by atoms with Crippen molar-refractivity contribution in [3.05, 3.63) is 0 Å². The smallest absolute Gasteiger partial charge is 0.0344 e. The zero-order valence-corrected chi connectivity index (χ0v) is 8.45. The van der Waals surface area contributed by atoms with Crippen molar-refractivity contribution in [3.8, 4) is 0 Å². The summed E-state index contributed by atoms with van der Waals surface area (Å²) in [6.07, 6.45) is 0. The summed E-state index contributed by atoms with van der Waals surface area (Å²) in [4.78, 5) is 2.43. The molecule has 3 heteroatoms. The van der Waals surface area contributed by atoms with Crippen LogP contribution in [0.1, 0.15) is 6.92 Å². The minimum Gasteiger partial charge on any atom is -0.315 e. The fraction of sp³-hybridized carbons (Fsp3) is 1.00. The first kappa shape index (κ1) is 9.36. The van der Waals surface area contributed by atoms with Crippen molar-refractivity contribution >= 4 is 11.8 Å². The van der Waals surface area contributed by atoms with Crippen molar-refractivity contribution in [1.29, 1.82) is 0 Å². The first-order chi connectivity index (χ1) is 5.29. The zero-order chi connectivity index (χ0) is 8.27. The highest BCUT2D eigenvalue weighted by molar-refractivity contribution is 7.99. The predicted octanol–water partition coefficient (Wildman–Crippen LogP) is 0.641. The van der Waals surface area contributed by atoms with Gasteiger partial charge < -0.3 is 10.2 Å². The van der Waals surface area contributed by atoms with Crippen molar-refractivity contribution in [2.75, 3.05) is 32.1 Å². The van der Waals surface area contributed by atoms with Gasteiger partial charge in [-0.25, -0.2) is 0 Å². The van der Waals surface area contributed by atoms with E-state index in [-0.39, 0.29) is 0 Å². The average Bonchev–Trinajstić information content (AvgIpc) is 2.50. The molecule has 0 saturated carbocycles. The minimum atomic E-state index is 0.699. The third-order valence-electron chi connectivity index (χ3n) is 2.49. The van der Waals surface area contributed by atoms with E-state index in [2.05, 4.69) is 43.0 Å². The molecule has 1 aliphatic heterocycles. The fourth-order valence-corrected chi connectivity index (χ4v) is 2.99. The van der Waals surface area contributed by atoms with E-state index < -0.39 is 0 Å². The standard InChI is InChI=1S/C8H18N2S/c1-4-10(3)8-6-11-5-7(8)9-2/h7-9H,4-6H2,1-3H3. The lowest BCUT2D eigenvalue weighted by molar-refractivity contribution is 0.242. The van der Waals surface area contributed by atoms with Crippen molar-refractivity contribution in [3.63, 3.8) is 0 Å². The maximum atomic E-state index is 3.37. The first-order valence-electron chi connectivity index (χ1n) is 4.24. The average molecular weight is 174 g/mol. The fourth-order valence-electron chi connectivity index (χ4n) is 1.49. The molecule has 0 aliphatic carbocycles. The van der Waals surface area contributed by atoms with Gasteiger partial charge in [0.05, 0.1) is 0 Å². The van der Waals surface area contributed by atoms with Crippen LogP contribution in [0.2, 0.25) is 0 Å². The van der Waals surface area contributed by atoms with E-state index in [9.17, 15) is 0 Å².